The van der Waals surface area contributed by atoms with Crippen LogP contribution in [0.25, 0.3) is 0 Å². The van der Waals surface area contributed by atoms with E-state index in [1.807, 2.05) is 0 Å². The van der Waals surface area contributed by atoms with Crippen molar-refractivity contribution in [2.45, 2.75) is 51.0 Å². The molecule has 2 aliphatic rings. The minimum absolute atomic E-state index is 0.663. The van der Waals surface area contributed by atoms with Gasteiger partial charge in [0.25, 0.3) is 0 Å². The third kappa shape index (κ3) is 2.48. The second-order valence-corrected chi connectivity index (χ2v) is 4.04. The molecule has 1 aliphatic carbocycles. The molecular weight excluding hydrogens is 136 g/mol. The minimum Gasteiger partial charge on any atom is -0.373 e. The van der Waals surface area contributed by atoms with Gasteiger partial charge >= 0.3 is 0 Å². The summed E-state index contributed by atoms with van der Waals surface area (Å²) in [7, 11) is 0. The van der Waals surface area contributed by atoms with Gasteiger partial charge in [-0.15, -0.1) is 0 Å². The Hall–Kier alpha value is -0.0400. The number of hydrogen-bond acceptors (Lipinski definition) is 1. The lowest BCUT2D eigenvalue weighted by Crippen LogP contribution is -1.94. The molecule has 2 rings (SSSR count). The van der Waals surface area contributed by atoms with Gasteiger partial charge in [-0.05, 0) is 12.3 Å². The van der Waals surface area contributed by atoms with Gasteiger partial charge < -0.3 is 4.74 Å². The molecule has 0 radical (unpaired) electrons. The van der Waals surface area contributed by atoms with Gasteiger partial charge in [-0.2, -0.15) is 0 Å². The van der Waals surface area contributed by atoms with Crippen molar-refractivity contribution in [3.8, 4) is 0 Å². The van der Waals surface area contributed by atoms with E-state index in [0.717, 1.165) is 12.5 Å². The second kappa shape index (κ2) is 3.57. The smallest absolute Gasteiger partial charge is 0.0810 e. The van der Waals surface area contributed by atoms with E-state index in [9.17, 15) is 0 Å². The maximum absolute atomic E-state index is 5.17. The number of ether oxygens (including phenoxy) is 1. The maximum atomic E-state index is 5.17. The van der Waals surface area contributed by atoms with Crippen LogP contribution in [0.2, 0.25) is 0 Å². The van der Waals surface area contributed by atoms with E-state index < -0.39 is 0 Å². The Morgan fingerprint density at radius 3 is 2.45 bits per heavy atom. The van der Waals surface area contributed by atoms with Crippen LogP contribution in [0, 0.1) is 5.92 Å². The molecule has 0 spiro atoms. The lowest BCUT2D eigenvalue weighted by Gasteiger charge is -2.06. The highest BCUT2D eigenvalue weighted by molar-refractivity contribution is 4.72. The first-order valence-corrected chi connectivity index (χ1v) is 5.07. The average molecular weight is 154 g/mol. The van der Waals surface area contributed by atoms with Gasteiger partial charge in [0, 0.05) is 0 Å². The first-order valence-electron chi connectivity index (χ1n) is 5.07. The van der Waals surface area contributed by atoms with Gasteiger partial charge in [0.2, 0.25) is 0 Å². The molecule has 1 saturated carbocycles. The minimum atomic E-state index is 0.663. The summed E-state index contributed by atoms with van der Waals surface area (Å²) < 4.78 is 5.17. The summed E-state index contributed by atoms with van der Waals surface area (Å²) in [5, 5.41) is 0. The molecular formula is C10H18O. The van der Waals surface area contributed by atoms with Crippen LogP contribution in [-0.2, 0) is 4.74 Å². The fourth-order valence-corrected chi connectivity index (χ4v) is 2.17. The van der Waals surface area contributed by atoms with Crippen LogP contribution in [0.1, 0.15) is 44.9 Å². The maximum Gasteiger partial charge on any atom is 0.0810 e. The van der Waals surface area contributed by atoms with Crippen molar-refractivity contribution < 1.29 is 4.74 Å². The van der Waals surface area contributed by atoms with Crippen LogP contribution in [0.5, 0.6) is 0 Å². The number of rotatable bonds is 4. The molecule has 0 aromatic rings. The summed E-state index contributed by atoms with van der Waals surface area (Å²) in [6, 6.07) is 0. The lowest BCUT2D eigenvalue weighted by atomic mass is 10.0. The van der Waals surface area contributed by atoms with E-state index in [2.05, 4.69) is 0 Å². The summed E-state index contributed by atoms with van der Waals surface area (Å²) in [6.45, 7) is 1.05. The Labute approximate surface area is 69.1 Å². The highest BCUT2D eigenvalue weighted by atomic mass is 16.6. The van der Waals surface area contributed by atoms with Crippen molar-refractivity contribution in [3.63, 3.8) is 0 Å². The molecule has 0 N–H and O–H groups in total. The van der Waals surface area contributed by atoms with Crippen LogP contribution in [-0.4, -0.2) is 12.7 Å². The van der Waals surface area contributed by atoms with E-state index in [1.54, 1.807) is 0 Å². The zero-order chi connectivity index (χ0) is 7.52. The summed E-state index contributed by atoms with van der Waals surface area (Å²) in [5.41, 5.74) is 0. The van der Waals surface area contributed by atoms with Gasteiger partial charge in [0.1, 0.15) is 0 Å². The molecule has 1 aliphatic heterocycles. The van der Waals surface area contributed by atoms with Crippen LogP contribution in [0.4, 0.5) is 0 Å². The molecule has 1 nitrogen and oxygen atoms in total. The summed E-state index contributed by atoms with van der Waals surface area (Å²) in [5.74, 6) is 1.08. The van der Waals surface area contributed by atoms with Crippen LogP contribution in [0.15, 0.2) is 0 Å². The van der Waals surface area contributed by atoms with Gasteiger partial charge in [0.05, 0.1) is 12.7 Å². The third-order valence-corrected chi connectivity index (χ3v) is 3.02. The van der Waals surface area contributed by atoms with Crippen LogP contribution >= 0.6 is 0 Å². The average Bonchev–Trinajstić information content (AvgIpc) is 2.66. The van der Waals surface area contributed by atoms with Crippen molar-refractivity contribution >= 4 is 0 Å². The topological polar surface area (TPSA) is 12.5 Å². The molecule has 2 fully saturated rings. The third-order valence-electron chi connectivity index (χ3n) is 3.02. The molecule has 11 heavy (non-hydrogen) atoms. The van der Waals surface area contributed by atoms with E-state index >= 15 is 0 Å². The summed E-state index contributed by atoms with van der Waals surface area (Å²) in [4.78, 5) is 0. The molecule has 0 aromatic carbocycles. The highest BCUT2D eigenvalue weighted by Crippen LogP contribution is 2.30. The quantitative estimate of drug-likeness (QED) is 0.567. The van der Waals surface area contributed by atoms with Crippen molar-refractivity contribution in [1.29, 1.82) is 0 Å². The van der Waals surface area contributed by atoms with Gasteiger partial charge in [0.15, 0.2) is 0 Å². The normalized spacial score (nSPS) is 31.1. The Balaban J connectivity index is 1.51. The largest absolute Gasteiger partial charge is 0.373 e. The summed E-state index contributed by atoms with van der Waals surface area (Å²) in [6.07, 6.45) is 10.9. The van der Waals surface area contributed by atoms with Gasteiger partial charge in [-0.1, -0.05) is 38.5 Å². The molecule has 1 heteroatoms. The first-order chi connectivity index (χ1) is 5.45. The van der Waals surface area contributed by atoms with Crippen molar-refractivity contribution in [3.05, 3.63) is 0 Å². The fraction of sp³-hybridized carbons (Fsp3) is 1.00. The van der Waals surface area contributed by atoms with Crippen LogP contribution in [0.3, 0.4) is 0 Å². The second-order valence-electron chi connectivity index (χ2n) is 4.04. The van der Waals surface area contributed by atoms with E-state index in [0.29, 0.717) is 6.10 Å². The Morgan fingerprint density at radius 1 is 1.09 bits per heavy atom. The Morgan fingerprint density at radius 2 is 1.82 bits per heavy atom. The van der Waals surface area contributed by atoms with Crippen LogP contribution < -0.4 is 0 Å². The predicted octanol–water partition coefficient (Wildman–Crippen LogP) is 2.75. The predicted molar refractivity (Wildman–Crippen MR) is 45.5 cm³/mol. The molecule has 1 atom stereocenters. The SMILES string of the molecule is C1CCC(CCCC2CO2)C1. The zero-order valence-corrected chi connectivity index (χ0v) is 7.22. The number of hydrogen-bond donors (Lipinski definition) is 0. The molecule has 0 amide bonds. The van der Waals surface area contributed by atoms with Gasteiger partial charge in [-0.25, -0.2) is 0 Å². The lowest BCUT2D eigenvalue weighted by molar-refractivity contribution is 0.376. The Kier molecular flexibility index (Phi) is 2.47. The molecule has 1 unspecified atom stereocenters. The van der Waals surface area contributed by atoms with Crippen molar-refractivity contribution in [2.75, 3.05) is 6.61 Å². The standard InChI is InChI=1S/C10H18O/c1-2-5-9(4-1)6-3-7-10-8-11-10/h9-10H,1-8H2. The molecule has 0 bridgehead atoms. The van der Waals surface area contributed by atoms with E-state index in [1.165, 1.54) is 44.9 Å². The fourth-order valence-electron chi connectivity index (χ4n) is 2.17. The van der Waals surface area contributed by atoms with Gasteiger partial charge in [-0.3, -0.25) is 0 Å². The first kappa shape index (κ1) is 7.60. The van der Waals surface area contributed by atoms with Crippen molar-refractivity contribution in [1.82, 2.24) is 0 Å². The number of epoxide rings is 1. The summed E-state index contributed by atoms with van der Waals surface area (Å²) >= 11 is 0. The molecule has 1 saturated heterocycles. The van der Waals surface area contributed by atoms with E-state index in [4.69, 9.17) is 4.74 Å². The zero-order valence-electron chi connectivity index (χ0n) is 7.22. The molecule has 1 heterocycles. The Bertz CT molecular complexity index is 112. The van der Waals surface area contributed by atoms with E-state index in [-0.39, 0.29) is 0 Å². The molecule has 64 valence electrons. The highest BCUT2D eigenvalue weighted by Gasteiger charge is 2.22. The van der Waals surface area contributed by atoms with Crippen molar-refractivity contribution in [2.24, 2.45) is 5.92 Å². The monoisotopic (exact) mass is 154 g/mol. The molecule has 0 aromatic heterocycles.